The van der Waals surface area contributed by atoms with Gasteiger partial charge in [0, 0.05) is 11.9 Å². The number of para-hydroxylation sites is 1. The molecule has 4 rings (SSSR count). The van der Waals surface area contributed by atoms with Crippen LogP contribution in [0.1, 0.15) is 31.0 Å². The van der Waals surface area contributed by atoms with E-state index in [2.05, 4.69) is 11.6 Å². The Balaban J connectivity index is 1.82. The summed E-state index contributed by atoms with van der Waals surface area (Å²) >= 11 is 0. The third-order valence-electron chi connectivity index (χ3n) is 6.04. The van der Waals surface area contributed by atoms with Gasteiger partial charge in [-0.25, -0.2) is 4.99 Å². The molecule has 0 aliphatic carbocycles. The number of aryl methyl sites for hydroxylation is 1. The molecule has 0 amide bonds. The molecule has 0 bridgehead atoms. The Bertz CT molecular complexity index is 1270. The molecule has 1 aliphatic rings. The van der Waals surface area contributed by atoms with E-state index in [4.69, 9.17) is 0 Å². The van der Waals surface area contributed by atoms with Crippen LogP contribution in [0.3, 0.4) is 0 Å². The van der Waals surface area contributed by atoms with E-state index in [1.807, 2.05) is 62.2 Å². The lowest BCUT2D eigenvalue weighted by molar-refractivity contribution is -0.115. The number of benzene rings is 2. The molecule has 2 aromatic carbocycles. The summed E-state index contributed by atoms with van der Waals surface area (Å²) in [5, 5.41) is 11.4. The van der Waals surface area contributed by atoms with E-state index < -0.39 is 6.04 Å². The van der Waals surface area contributed by atoms with E-state index in [9.17, 15) is 14.7 Å². The summed E-state index contributed by atoms with van der Waals surface area (Å²) in [6.07, 6.45) is 0. The van der Waals surface area contributed by atoms with Crippen molar-refractivity contribution in [3.05, 3.63) is 82.7 Å². The monoisotopic (exact) mass is 415 g/mol. The van der Waals surface area contributed by atoms with Crippen molar-refractivity contribution < 1.29 is 9.90 Å². The lowest BCUT2D eigenvalue weighted by Crippen LogP contribution is -2.28. The zero-order valence-corrected chi connectivity index (χ0v) is 17.9. The number of ketones is 1. The van der Waals surface area contributed by atoms with E-state index in [0.717, 1.165) is 5.56 Å². The Morgan fingerprint density at radius 1 is 1.10 bits per heavy atom. The highest BCUT2D eigenvalue weighted by molar-refractivity contribution is 6.46. The number of nitrogens with zero attached hydrogens (tertiary/aromatic N) is 3. The van der Waals surface area contributed by atoms with Crippen molar-refractivity contribution in [3.8, 4) is 5.75 Å². The highest BCUT2D eigenvalue weighted by atomic mass is 16.3. The molecule has 1 aliphatic heterocycles. The molecule has 6 heteroatoms. The maximum absolute atomic E-state index is 13.2. The second-order valence-electron chi connectivity index (χ2n) is 7.75. The predicted octanol–water partition coefficient (Wildman–Crippen LogP) is 3.78. The molecular formula is C25H25N3O3. The number of carbonyl (C=O) groups excluding carboxylic acids is 1. The fourth-order valence-electron chi connectivity index (χ4n) is 4.28. The summed E-state index contributed by atoms with van der Waals surface area (Å²) in [6, 6.07) is 16.0. The van der Waals surface area contributed by atoms with Crippen LogP contribution in [0.25, 0.3) is 16.6 Å². The number of hydrogen-bond acceptors (Lipinski definition) is 5. The number of carbonyl (C=O) groups is 1. The van der Waals surface area contributed by atoms with Crippen molar-refractivity contribution in [3.63, 3.8) is 0 Å². The van der Waals surface area contributed by atoms with Gasteiger partial charge in [0.2, 0.25) is 0 Å². The predicted molar refractivity (Wildman–Crippen MR) is 123 cm³/mol. The molecule has 1 aromatic heterocycles. The molecular weight excluding hydrogens is 390 g/mol. The average molecular weight is 415 g/mol. The van der Waals surface area contributed by atoms with Gasteiger partial charge in [-0.1, -0.05) is 49.0 Å². The molecule has 2 atom stereocenters. The maximum atomic E-state index is 13.2. The zero-order valence-electron chi connectivity index (χ0n) is 17.9. The van der Waals surface area contributed by atoms with Crippen molar-refractivity contribution in [2.24, 2.45) is 4.99 Å². The van der Waals surface area contributed by atoms with Gasteiger partial charge in [0.15, 0.2) is 5.78 Å². The minimum Gasteiger partial charge on any atom is -0.506 e. The van der Waals surface area contributed by atoms with E-state index in [1.165, 1.54) is 0 Å². The average Bonchev–Trinajstić information content (AvgIpc) is 2.98. The number of aliphatic imine (C=N–C) groups is 1. The van der Waals surface area contributed by atoms with Gasteiger partial charge in [-0.2, -0.15) is 0 Å². The molecule has 1 saturated heterocycles. The molecule has 1 fully saturated rings. The Morgan fingerprint density at radius 3 is 2.42 bits per heavy atom. The van der Waals surface area contributed by atoms with E-state index in [-0.39, 0.29) is 34.4 Å². The van der Waals surface area contributed by atoms with E-state index in [0.29, 0.717) is 23.2 Å². The summed E-state index contributed by atoms with van der Waals surface area (Å²) in [5.41, 5.74) is 1.60. The lowest BCUT2D eigenvalue weighted by atomic mass is 10.0. The Labute approximate surface area is 180 Å². The minimum absolute atomic E-state index is 0.0267. The Kier molecular flexibility index (Phi) is 5.33. The molecule has 1 unspecified atom stereocenters. The zero-order chi connectivity index (χ0) is 22.3. The third kappa shape index (κ3) is 3.29. The fraction of sp³-hybridized carbons (Fsp3) is 0.240. The normalized spacial score (nSPS) is 20.6. The van der Waals surface area contributed by atoms with Crippen molar-refractivity contribution in [1.82, 2.24) is 9.47 Å². The topological polar surface area (TPSA) is 74.9 Å². The summed E-state index contributed by atoms with van der Waals surface area (Å²) in [7, 11) is 1.88. The SMILES string of the molecule is C=C(N=C1C(=O)[C@H](c2ccccc2)N(C)C1C)c1c(O)c2ccccc2n(CC)c1=O. The summed E-state index contributed by atoms with van der Waals surface area (Å²) in [5.74, 6) is -0.288. The van der Waals surface area contributed by atoms with Crippen LogP contribution >= 0.6 is 0 Å². The molecule has 0 spiro atoms. The number of hydrogen-bond donors (Lipinski definition) is 1. The van der Waals surface area contributed by atoms with Gasteiger partial charge in [-0.05, 0) is 38.6 Å². The second kappa shape index (κ2) is 7.96. The molecule has 2 heterocycles. The number of fused-ring (bicyclic) bond motifs is 1. The van der Waals surface area contributed by atoms with Crippen LogP contribution < -0.4 is 5.56 Å². The first-order chi connectivity index (χ1) is 14.9. The fourth-order valence-corrected chi connectivity index (χ4v) is 4.28. The first-order valence-electron chi connectivity index (χ1n) is 10.3. The van der Waals surface area contributed by atoms with Gasteiger partial charge >= 0.3 is 0 Å². The second-order valence-corrected chi connectivity index (χ2v) is 7.75. The van der Waals surface area contributed by atoms with Crippen LogP contribution in [0.5, 0.6) is 5.75 Å². The van der Waals surface area contributed by atoms with Crippen molar-refractivity contribution in [1.29, 1.82) is 0 Å². The Morgan fingerprint density at radius 2 is 1.74 bits per heavy atom. The van der Waals surface area contributed by atoms with Gasteiger partial charge in [0.1, 0.15) is 23.1 Å². The van der Waals surface area contributed by atoms with Crippen LogP contribution in [-0.4, -0.2) is 39.2 Å². The number of aromatic nitrogens is 1. The quantitative estimate of drug-likeness (QED) is 0.704. The molecule has 6 nitrogen and oxygen atoms in total. The van der Waals surface area contributed by atoms with Gasteiger partial charge in [0.25, 0.3) is 5.56 Å². The van der Waals surface area contributed by atoms with Gasteiger partial charge in [0.05, 0.1) is 17.3 Å². The number of pyridine rings is 1. The highest BCUT2D eigenvalue weighted by Crippen LogP contribution is 2.34. The number of Topliss-reactive ketones (excluding diaryl/α,β-unsaturated/α-hetero) is 1. The smallest absolute Gasteiger partial charge is 0.264 e. The molecule has 158 valence electrons. The summed E-state index contributed by atoms with van der Waals surface area (Å²) < 4.78 is 1.58. The van der Waals surface area contributed by atoms with Gasteiger partial charge in [-0.3, -0.25) is 14.5 Å². The first-order valence-corrected chi connectivity index (χ1v) is 10.3. The number of likely N-dealkylation sites (tertiary alicyclic amines) is 1. The van der Waals surface area contributed by atoms with Crippen molar-refractivity contribution >= 4 is 28.1 Å². The van der Waals surface area contributed by atoms with E-state index >= 15 is 0 Å². The largest absolute Gasteiger partial charge is 0.506 e. The Hall–Kier alpha value is -3.51. The van der Waals surface area contributed by atoms with Crippen LogP contribution in [0.15, 0.2) is 71.0 Å². The summed E-state index contributed by atoms with van der Waals surface area (Å²) in [6.45, 7) is 8.15. The third-order valence-corrected chi connectivity index (χ3v) is 6.04. The van der Waals surface area contributed by atoms with E-state index in [1.54, 1.807) is 22.8 Å². The van der Waals surface area contributed by atoms with Crippen LogP contribution in [0, 0.1) is 0 Å². The van der Waals surface area contributed by atoms with Crippen LogP contribution in [-0.2, 0) is 11.3 Å². The lowest BCUT2D eigenvalue weighted by Gasteiger charge is -2.21. The number of aromatic hydroxyl groups is 1. The number of rotatable bonds is 4. The summed E-state index contributed by atoms with van der Waals surface area (Å²) in [4.78, 5) is 32.8. The first kappa shape index (κ1) is 20.8. The number of likely N-dealkylation sites (N-methyl/N-ethyl adjacent to an activating group) is 1. The molecule has 31 heavy (non-hydrogen) atoms. The maximum Gasteiger partial charge on any atom is 0.264 e. The highest BCUT2D eigenvalue weighted by Gasteiger charge is 2.42. The molecule has 3 aromatic rings. The van der Waals surface area contributed by atoms with Crippen molar-refractivity contribution in [2.75, 3.05) is 7.05 Å². The van der Waals surface area contributed by atoms with Crippen LogP contribution in [0.4, 0.5) is 0 Å². The minimum atomic E-state index is -0.444. The molecule has 1 N–H and O–H groups in total. The van der Waals surface area contributed by atoms with Crippen molar-refractivity contribution in [2.45, 2.75) is 32.5 Å². The standard InChI is InChI=1S/C25H25N3O3/c1-5-28-19-14-10-9-13-18(19)23(29)20(25(28)31)15(2)26-21-16(3)27(4)22(24(21)30)17-11-7-6-8-12-17/h6-14,16,22,29H,2,5H2,1,3-4H3/t16?,22-/m0/s1. The van der Waals surface area contributed by atoms with Crippen LogP contribution in [0.2, 0.25) is 0 Å². The molecule has 0 radical (unpaired) electrons. The molecule has 0 saturated carbocycles. The van der Waals surface area contributed by atoms with Gasteiger partial charge in [-0.15, -0.1) is 0 Å². The van der Waals surface area contributed by atoms with Gasteiger partial charge < -0.3 is 9.67 Å².